The first-order chi connectivity index (χ1) is 13.1. The lowest BCUT2D eigenvalue weighted by molar-refractivity contribution is 0.0945. The van der Waals surface area contributed by atoms with Crippen molar-refractivity contribution < 1.29 is 13.6 Å². The van der Waals surface area contributed by atoms with Crippen molar-refractivity contribution in [2.75, 3.05) is 11.9 Å². The minimum absolute atomic E-state index is 0.102. The molecule has 0 unspecified atom stereocenters. The first-order valence-corrected chi connectivity index (χ1v) is 8.58. The van der Waals surface area contributed by atoms with Crippen molar-refractivity contribution in [1.29, 1.82) is 0 Å². The van der Waals surface area contributed by atoms with Crippen LogP contribution in [0.25, 0.3) is 0 Å². The fourth-order valence-corrected chi connectivity index (χ4v) is 2.54. The summed E-state index contributed by atoms with van der Waals surface area (Å²) in [6.07, 6.45) is 2.31. The normalized spacial score (nSPS) is 10.4. The molecule has 0 aliphatic rings. The fraction of sp³-hybridized carbons (Fsp3) is 0.143. The van der Waals surface area contributed by atoms with E-state index < -0.39 is 0 Å². The van der Waals surface area contributed by atoms with Crippen LogP contribution < -0.4 is 10.6 Å². The number of nitrogens with one attached hydrogen (secondary N) is 2. The average Bonchev–Trinajstić information content (AvgIpc) is 2.69. The zero-order valence-electron chi connectivity index (χ0n) is 14.6. The average molecular weight is 367 g/mol. The van der Waals surface area contributed by atoms with Crippen LogP contribution in [0.15, 0.2) is 66.9 Å². The Morgan fingerprint density at radius 2 is 1.74 bits per heavy atom. The summed E-state index contributed by atoms with van der Waals surface area (Å²) < 4.78 is 26.4. The van der Waals surface area contributed by atoms with Crippen LogP contribution in [0.2, 0.25) is 0 Å². The van der Waals surface area contributed by atoms with Gasteiger partial charge in [0.2, 0.25) is 0 Å². The highest BCUT2D eigenvalue weighted by Gasteiger charge is 2.08. The van der Waals surface area contributed by atoms with Crippen LogP contribution in [-0.4, -0.2) is 17.4 Å². The van der Waals surface area contributed by atoms with Crippen LogP contribution in [0.3, 0.4) is 0 Å². The van der Waals surface area contributed by atoms with Gasteiger partial charge in [-0.1, -0.05) is 30.3 Å². The SMILES string of the molecule is O=C(NCc1ccccc1F)c1ccc(NCCc2ccc(F)cc2)cn1. The molecule has 0 fully saturated rings. The van der Waals surface area contributed by atoms with Gasteiger partial charge in [0.1, 0.15) is 17.3 Å². The second kappa shape index (κ2) is 8.89. The molecule has 1 heterocycles. The summed E-state index contributed by atoms with van der Waals surface area (Å²) in [4.78, 5) is 16.3. The summed E-state index contributed by atoms with van der Waals surface area (Å²) in [5, 5.41) is 5.85. The predicted molar refractivity (Wildman–Crippen MR) is 100 cm³/mol. The van der Waals surface area contributed by atoms with Crippen molar-refractivity contribution in [1.82, 2.24) is 10.3 Å². The lowest BCUT2D eigenvalue weighted by atomic mass is 10.1. The van der Waals surface area contributed by atoms with Crippen molar-refractivity contribution >= 4 is 11.6 Å². The standard InChI is InChI=1S/C21H19F2N3O/c22-17-7-5-15(6-8-17)11-12-24-18-9-10-20(25-14-18)21(27)26-13-16-3-1-2-4-19(16)23/h1-10,14,24H,11-13H2,(H,26,27). The fourth-order valence-electron chi connectivity index (χ4n) is 2.54. The number of carbonyl (C=O) groups is 1. The molecule has 4 nitrogen and oxygen atoms in total. The van der Waals surface area contributed by atoms with Crippen LogP contribution in [0.5, 0.6) is 0 Å². The third-order valence-corrected chi connectivity index (χ3v) is 4.05. The summed E-state index contributed by atoms with van der Waals surface area (Å²) >= 11 is 0. The Balaban J connectivity index is 1.48. The van der Waals surface area contributed by atoms with E-state index in [1.807, 2.05) is 0 Å². The maximum Gasteiger partial charge on any atom is 0.270 e. The largest absolute Gasteiger partial charge is 0.383 e. The van der Waals surface area contributed by atoms with Gasteiger partial charge in [-0.3, -0.25) is 4.79 Å². The van der Waals surface area contributed by atoms with Gasteiger partial charge in [0.05, 0.1) is 11.9 Å². The van der Waals surface area contributed by atoms with Gasteiger partial charge in [0.15, 0.2) is 0 Å². The number of aromatic nitrogens is 1. The van der Waals surface area contributed by atoms with Crippen LogP contribution in [-0.2, 0) is 13.0 Å². The maximum atomic E-state index is 13.6. The molecule has 2 N–H and O–H groups in total. The molecule has 0 radical (unpaired) electrons. The minimum Gasteiger partial charge on any atom is -0.383 e. The number of hydrogen-bond donors (Lipinski definition) is 2. The van der Waals surface area contributed by atoms with Crippen LogP contribution in [0.1, 0.15) is 21.6 Å². The zero-order chi connectivity index (χ0) is 19.1. The molecule has 0 aliphatic carbocycles. The Hall–Kier alpha value is -3.28. The molecule has 1 aromatic heterocycles. The molecule has 0 spiro atoms. The molecule has 0 aliphatic heterocycles. The third kappa shape index (κ3) is 5.34. The van der Waals surface area contributed by atoms with Gasteiger partial charge in [0, 0.05) is 18.7 Å². The highest BCUT2D eigenvalue weighted by atomic mass is 19.1. The van der Waals surface area contributed by atoms with Crippen molar-refractivity contribution in [3.8, 4) is 0 Å². The van der Waals surface area contributed by atoms with Gasteiger partial charge in [-0.25, -0.2) is 13.8 Å². The number of hydrogen-bond acceptors (Lipinski definition) is 3. The van der Waals surface area contributed by atoms with E-state index in [9.17, 15) is 13.6 Å². The summed E-state index contributed by atoms with van der Waals surface area (Å²) in [7, 11) is 0. The first-order valence-electron chi connectivity index (χ1n) is 8.58. The monoisotopic (exact) mass is 367 g/mol. The molecular formula is C21H19F2N3O. The minimum atomic E-state index is -0.365. The Bertz CT molecular complexity index is 896. The first kappa shape index (κ1) is 18.5. The van der Waals surface area contributed by atoms with E-state index >= 15 is 0 Å². The second-order valence-electron chi connectivity index (χ2n) is 6.01. The van der Waals surface area contributed by atoms with Gasteiger partial charge < -0.3 is 10.6 Å². The van der Waals surface area contributed by atoms with Crippen molar-refractivity contribution in [3.05, 3.63) is 95.3 Å². The van der Waals surface area contributed by atoms with Gasteiger partial charge in [-0.05, 0) is 42.3 Å². The van der Waals surface area contributed by atoms with E-state index in [0.29, 0.717) is 12.1 Å². The Morgan fingerprint density at radius 3 is 2.44 bits per heavy atom. The summed E-state index contributed by atoms with van der Waals surface area (Å²) in [5.41, 5.74) is 2.49. The Morgan fingerprint density at radius 1 is 0.963 bits per heavy atom. The molecule has 0 bridgehead atoms. The summed E-state index contributed by atoms with van der Waals surface area (Å²) in [6.45, 7) is 0.761. The number of rotatable bonds is 7. The van der Waals surface area contributed by atoms with Crippen LogP contribution in [0, 0.1) is 11.6 Å². The number of benzene rings is 2. The van der Waals surface area contributed by atoms with Gasteiger partial charge in [0.25, 0.3) is 5.91 Å². The summed E-state index contributed by atoms with van der Waals surface area (Å²) in [6, 6.07) is 16.0. The molecule has 0 atom stereocenters. The van der Waals surface area contributed by atoms with E-state index in [2.05, 4.69) is 15.6 Å². The number of nitrogens with zero attached hydrogens (tertiary/aromatic N) is 1. The second-order valence-corrected chi connectivity index (χ2v) is 6.01. The molecule has 1 amide bonds. The molecule has 0 saturated carbocycles. The van der Waals surface area contributed by atoms with Gasteiger partial charge >= 0.3 is 0 Å². The molecule has 138 valence electrons. The van der Waals surface area contributed by atoms with E-state index in [0.717, 1.165) is 17.7 Å². The van der Waals surface area contributed by atoms with Crippen molar-refractivity contribution in [3.63, 3.8) is 0 Å². The molecule has 6 heteroatoms. The summed E-state index contributed by atoms with van der Waals surface area (Å²) in [5.74, 6) is -0.970. The van der Waals surface area contributed by atoms with Gasteiger partial charge in [-0.15, -0.1) is 0 Å². The maximum absolute atomic E-state index is 13.6. The molecule has 2 aromatic carbocycles. The Labute approximate surface area is 156 Å². The predicted octanol–water partition coefficient (Wildman–Crippen LogP) is 3.94. The highest BCUT2D eigenvalue weighted by Crippen LogP contribution is 2.09. The van der Waals surface area contributed by atoms with Crippen molar-refractivity contribution in [2.45, 2.75) is 13.0 Å². The molecule has 3 rings (SSSR count). The molecule has 27 heavy (non-hydrogen) atoms. The van der Waals surface area contributed by atoms with E-state index in [4.69, 9.17) is 0 Å². The smallest absolute Gasteiger partial charge is 0.270 e. The molecular weight excluding hydrogens is 348 g/mol. The van der Waals surface area contributed by atoms with Crippen molar-refractivity contribution in [2.24, 2.45) is 0 Å². The van der Waals surface area contributed by atoms with E-state index in [1.165, 1.54) is 18.2 Å². The van der Waals surface area contributed by atoms with Crippen LogP contribution in [0.4, 0.5) is 14.5 Å². The molecule has 0 saturated heterocycles. The topological polar surface area (TPSA) is 54.0 Å². The van der Waals surface area contributed by atoms with E-state index in [1.54, 1.807) is 48.7 Å². The molecule has 3 aromatic rings. The van der Waals surface area contributed by atoms with Crippen LogP contribution >= 0.6 is 0 Å². The highest BCUT2D eigenvalue weighted by molar-refractivity contribution is 5.92. The lowest BCUT2D eigenvalue weighted by Crippen LogP contribution is -2.24. The number of pyridine rings is 1. The Kier molecular flexibility index (Phi) is 6.10. The number of anilines is 1. The zero-order valence-corrected chi connectivity index (χ0v) is 14.6. The number of carbonyl (C=O) groups excluding carboxylic acids is 1. The number of amides is 1. The third-order valence-electron chi connectivity index (χ3n) is 4.05. The van der Waals surface area contributed by atoms with Gasteiger partial charge in [-0.2, -0.15) is 0 Å². The quantitative estimate of drug-likeness (QED) is 0.665. The lowest BCUT2D eigenvalue weighted by Gasteiger charge is -2.08. The number of halogens is 2. The van der Waals surface area contributed by atoms with E-state index in [-0.39, 0.29) is 29.8 Å².